The molecule has 0 aliphatic rings. The van der Waals surface area contributed by atoms with Crippen LogP contribution in [0.2, 0.25) is 0 Å². The fraction of sp³-hybridized carbons (Fsp3) is 0.143. The highest BCUT2D eigenvalue weighted by Crippen LogP contribution is 2.25. The monoisotopic (exact) mass is 379 g/mol. The lowest BCUT2D eigenvalue weighted by molar-refractivity contribution is -0.119. The van der Waals surface area contributed by atoms with Crippen LogP contribution >= 0.6 is 11.3 Å². The molecule has 3 aromatic rings. The van der Waals surface area contributed by atoms with E-state index in [1.165, 1.54) is 0 Å². The molecule has 1 aromatic heterocycles. The summed E-state index contributed by atoms with van der Waals surface area (Å²) in [5.41, 5.74) is 2.16. The Morgan fingerprint density at radius 3 is 2.41 bits per heavy atom. The second-order valence-corrected chi connectivity index (χ2v) is 6.88. The van der Waals surface area contributed by atoms with Gasteiger partial charge in [-0.1, -0.05) is 48.5 Å². The summed E-state index contributed by atoms with van der Waals surface area (Å²) in [5.74, 6) is -0.344. The number of nitrogens with one attached hydrogen (secondary N) is 3. The van der Waals surface area contributed by atoms with Gasteiger partial charge in [-0.3, -0.25) is 9.59 Å². The first-order valence-corrected chi connectivity index (χ1v) is 9.49. The molecule has 0 saturated carbocycles. The Morgan fingerprint density at radius 2 is 1.70 bits per heavy atom. The molecule has 0 aliphatic carbocycles. The van der Waals surface area contributed by atoms with E-state index in [0.717, 1.165) is 10.4 Å². The molecule has 138 valence electrons. The van der Waals surface area contributed by atoms with E-state index in [0.29, 0.717) is 11.3 Å². The molecule has 0 fully saturated rings. The first kappa shape index (κ1) is 18.7. The zero-order valence-corrected chi connectivity index (χ0v) is 15.8. The van der Waals surface area contributed by atoms with E-state index in [1.54, 1.807) is 36.6 Å². The number of para-hydroxylation sites is 1. The predicted octanol–water partition coefficient (Wildman–Crippen LogP) is 3.43. The molecule has 0 aliphatic heterocycles. The number of hydrogen-bond donors (Lipinski definition) is 3. The largest absolute Gasteiger partial charge is 0.376 e. The molecule has 0 saturated heterocycles. The van der Waals surface area contributed by atoms with Crippen LogP contribution in [0.15, 0.2) is 72.1 Å². The molecule has 27 heavy (non-hydrogen) atoms. The average Bonchev–Trinajstić information content (AvgIpc) is 3.25. The second kappa shape index (κ2) is 9.00. The standard InChI is InChI=1S/C21H21N3O2S/c1-22-21(26)16-10-5-6-11-17(16)23-14-19(25)24-20(18-12-7-13-27-18)15-8-3-2-4-9-15/h2-13,20,23H,14H2,1H3,(H,22,26)(H,24,25)/t20-/m1/s1. The van der Waals surface area contributed by atoms with Crippen LogP contribution in [0.25, 0.3) is 0 Å². The molecule has 3 rings (SSSR count). The van der Waals surface area contributed by atoms with Gasteiger partial charge < -0.3 is 16.0 Å². The summed E-state index contributed by atoms with van der Waals surface area (Å²) in [4.78, 5) is 25.6. The molecule has 1 heterocycles. The maximum atomic E-state index is 12.6. The van der Waals surface area contributed by atoms with Gasteiger partial charge in [0.2, 0.25) is 5.91 Å². The van der Waals surface area contributed by atoms with E-state index < -0.39 is 0 Å². The smallest absolute Gasteiger partial charge is 0.253 e. The van der Waals surface area contributed by atoms with Crippen molar-refractivity contribution in [3.63, 3.8) is 0 Å². The zero-order chi connectivity index (χ0) is 19.1. The Balaban J connectivity index is 1.70. The maximum Gasteiger partial charge on any atom is 0.253 e. The van der Waals surface area contributed by atoms with Crippen molar-refractivity contribution in [3.05, 3.63) is 88.1 Å². The van der Waals surface area contributed by atoms with E-state index in [9.17, 15) is 9.59 Å². The quantitative estimate of drug-likeness (QED) is 0.589. The van der Waals surface area contributed by atoms with Gasteiger partial charge in [-0.2, -0.15) is 0 Å². The van der Waals surface area contributed by atoms with Crippen molar-refractivity contribution >= 4 is 28.8 Å². The fourth-order valence-corrected chi connectivity index (χ4v) is 3.58. The van der Waals surface area contributed by atoms with E-state index in [2.05, 4.69) is 16.0 Å². The lowest BCUT2D eigenvalue weighted by Crippen LogP contribution is -2.34. The molecule has 2 aromatic carbocycles. The van der Waals surface area contributed by atoms with Crippen molar-refractivity contribution in [1.82, 2.24) is 10.6 Å². The van der Waals surface area contributed by atoms with Crippen LogP contribution in [0.1, 0.15) is 26.8 Å². The molecule has 5 nitrogen and oxygen atoms in total. The summed E-state index contributed by atoms with van der Waals surface area (Å²) in [6.07, 6.45) is 0. The number of benzene rings is 2. The number of anilines is 1. The Kier molecular flexibility index (Phi) is 6.22. The normalized spacial score (nSPS) is 11.4. The predicted molar refractivity (Wildman–Crippen MR) is 109 cm³/mol. The van der Waals surface area contributed by atoms with Crippen molar-refractivity contribution in [2.45, 2.75) is 6.04 Å². The molecule has 2 amide bonds. The summed E-state index contributed by atoms with van der Waals surface area (Å²) in [5, 5.41) is 10.7. The molecule has 0 spiro atoms. The van der Waals surface area contributed by atoms with Crippen LogP contribution in [-0.2, 0) is 4.79 Å². The number of amides is 2. The highest BCUT2D eigenvalue weighted by molar-refractivity contribution is 7.10. The van der Waals surface area contributed by atoms with E-state index in [4.69, 9.17) is 0 Å². The number of carbonyl (C=O) groups excluding carboxylic acids is 2. The average molecular weight is 379 g/mol. The lowest BCUT2D eigenvalue weighted by atomic mass is 10.1. The van der Waals surface area contributed by atoms with Gasteiger partial charge in [-0.15, -0.1) is 11.3 Å². The van der Waals surface area contributed by atoms with E-state index in [1.807, 2.05) is 53.9 Å². The zero-order valence-electron chi connectivity index (χ0n) is 14.9. The highest BCUT2D eigenvalue weighted by Gasteiger charge is 2.18. The third-order valence-corrected chi connectivity index (χ3v) is 5.04. The summed E-state index contributed by atoms with van der Waals surface area (Å²) in [6, 6.07) is 20.8. The van der Waals surface area contributed by atoms with Gasteiger partial charge in [0.15, 0.2) is 0 Å². The SMILES string of the molecule is CNC(=O)c1ccccc1NCC(=O)N[C@H](c1ccccc1)c1cccs1. The summed E-state index contributed by atoms with van der Waals surface area (Å²) >= 11 is 1.60. The van der Waals surface area contributed by atoms with Gasteiger partial charge in [0.25, 0.3) is 5.91 Å². The molecule has 0 bridgehead atoms. The minimum atomic E-state index is -0.199. The van der Waals surface area contributed by atoms with Crippen molar-refractivity contribution in [2.24, 2.45) is 0 Å². The molecular formula is C21H21N3O2S. The minimum absolute atomic E-state index is 0.0721. The molecule has 0 radical (unpaired) electrons. The third-order valence-electron chi connectivity index (χ3n) is 4.10. The Hall–Kier alpha value is -3.12. The van der Waals surface area contributed by atoms with Crippen LogP contribution < -0.4 is 16.0 Å². The first-order valence-electron chi connectivity index (χ1n) is 8.61. The topological polar surface area (TPSA) is 70.2 Å². The maximum absolute atomic E-state index is 12.6. The van der Waals surface area contributed by atoms with Gasteiger partial charge in [-0.05, 0) is 29.1 Å². The molecule has 6 heteroatoms. The number of carbonyl (C=O) groups is 2. The summed E-state index contributed by atoms with van der Waals surface area (Å²) < 4.78 is 0. The van der Waals surface area contributed by atoms with Gasteiger partial charge in [0.1, 0.15) is 0 Å². The molecule has 3 N–H and O–H groups in total. The van der Waals surface area contributed by atoms with Gasteiger partial charge in [-0.25, -0.2) is 0 Å². The fourth-order valence-electron chi connectivity index (χ4n) is 2.78. The lowest BCUT2D eigenvalue weighted by Gasteiger charge is -2.19. The third kappa shape index (κ3) is 4.74. The van der Waals surface area contributed by atoms with Crippen LogP contribution in [0.4, 0.5) is 5.69 Å². The van der Waals surface area contributed by atoms with Crippen LogP contribution in [-0.4, -0.2) is 25.4 Å². The Morgan fingerprint density at radius 1 is 0.963 bits per heavy atom. The van der Waals surface area contributed by atoms with E-state index >= 15 is 0 Å². The van der Waals surface area contributed by atoms with Crippen molar-refractivity contribution < 1.29 is 9.59 Å². The second-order valence-electron chi connectivity index (χ2n) is 5.90. The first-order chi connectivity index (χ1) is 13.2. The number of thiophene rings is 1. The Labute approximate surface area is 162 Å². The van der Waals surface area contributed by atoms with Crippen molar-refractivity contribution in [2.75, 3.05) is 18.9 Å². The van der Waals surface area contributed by atoms with Crippen LogP contribution in [0.3, 0.4) is 0 Å². The number of hydrogen-bond acceptors (Lipinski definition) is 4. The molecule has 1 atom stereocenters. The van der Waals surface area contributed by atoms with Crippen LogP contribution in [0, 0.1) is 0 Å². The summed E-state index contributed by atoms with van der Waals surface area (Å²) in [7, 11) is 1.58. The van der Waals surface area contributed by atoms with Crippen molar-refractivity contribution in [1.29, 1.82) is 0 Å². The van der Waals surface area contributed by atoms with E-state index in [-0.39, 0.29) is 24.4 Å². The Bertz CT molecular complexity index is 895. The van der Waals surface area contributed by atoms with Gasteiger partial charge in [0, 0.05) is 17.6 Å². The minimum Gasteiger partial charge on any atom is -0.376 e. The molecular weight excluding hydrogens is 358 g/mol. The molecule has 0 unspecified atom stereocenters. The van der Waals surface area contributed by atoms with Gasteiger partial charge >= 0.3 is 0 Å². The summed E-state index contributed by atoms with van der Waals surface area (Å²) in [6.45, 7) is 0.0721. The van der Waals surface area contributed by atoms with Gasteiger partial charge in [0.05, 0.1) is 18.2 Å². The van der Waals surface area contributed by atoms with Crippen molar-refractivity contribution in [3.8, 4) is 0 Å². The number of rotatable bonds is 7. The highest BCUT2D eigenvalue weighted by atomic mass is 32.1. The van der Waals surface area contributed by atoms with Crippen LogP contribution in [0.5, 0.6) is 0 Å².